The highest BCUT2D eigenvalue weighted by Gasteiger charge is 2.05. The van der Waals surface area contributed by atoms with Gasteiger partial charge in [0.2, 0.25) is 0 Å². The summed E-state index contributed by atoms with van der Waals surface area (Å²) >= 11 is 0. The Morgan fingerprint density at radius 3 is 2.86 bits per heavy atom. The van der Waals surface area contributed by atoms with Gasteiger partial charge in [-0.15, -0.1) is 0 Å². The van der Waals surface area contributed by atoms with Crippen LogP contribution in [0.25, 0.3) is 0 Å². The van der Waals surface area contributed by atoms with Crippen LogP contribution in [0.1, 0.15) is 10.4 Å². The Morgan fingerprint density at radius 1 is 1.57 bits per heavy atom. The van der Waals surface area contributed by atoms with E-state index in [4.69, 9.17) is 11.1 Å². The Kier molecular flexibility index (Phi) is 3.06. The maximum absolute atomic E-state index is 11.1. The van der Waals surface area contributed by atoms with Gasteiger partial charge in [-0.25, -0.2) is 4.79 Å². The predicted octanol–water partition coefficient (Wildman–Crippen LogP) is 0.779. The monoisotopic (exact) mass is 193 g/mol. The molecule has 0 radical (unpaired) electrons. The van der Waals surface area contributed by atoms with Crippen molar-refractivity contribution in [1.82, 2.24) is 0 Å². The standard InChI is InChI=1S/C9H11N3O2/c1-14-8(13)6-3-2-4-7(5-6)12-9(10)11/h2-5H,1H3,(H4,10,11,12). The van der Waals surface area contributed by atoms with Gasteiger partial charge in [0.05, 0.1) is 12.7 Å². The number of carbonyl (C=O) groups excluding carboxylic acids is 1. The van der Waals surface area contributed by atoms with Gasteiger partial charge in [-0.05, 0) is 18.2 Å². The highest BCUT2D eigenvalue weighted by atomic mass is 16.5. The molecular weight excluding hydrogens is 182 g/mol. The molecule has 0 bridgehead atoms. The second-order valence-electron chi connectivity index (χ2n) is 2.61. The molecular formula is C9H11N3O2. The first-order valence-electron chi connectivity index (χ1n) is 3.93. The van der Waals surface area contributed by atoms with Crippen LogP contribution < -0.4 is 11.1 Å². The number of hydrogen-bond acceptors (Lipinski definition) is 3. The van der Waals surface area contributed by atoms with Crippen molar-refractivity contribution < 1.29 is 9.53 Å². The fraction of sp³-hybridized carbons (Fsp3) is 0.111. The van der Waals surface area contributed by atoms with Gasteiger partial charge in [0.1, 0.15) is 0 Å². The van der Waals surface area contributed by atoms with Crippen LogP contribution in [0.3, 0.4) is 0 Å². The molecule has 0 saturated carbocycles. The molecule has 0 amide bonds. The number of hydrogen-bond donors (Lipinski definition) is 3. The normalized spacial score (nSPS) is 9.21. The molecule has 0 aliphatic rings. The third kappa shape index (κ3) is 2.48. The van der Waals surface area contributed by atoms with Crippen molar-refractivity contribution >= 4 is 17.6 Å². The predicted molar refractivity (Wildman–Crippen MR) is 53.3 cm³/mol. The van der Waals surface area contributed by atoms with Gasteiger partial charge >= 0.3 is 5.97 Å². The lowest BCUT2D eigenvalue weighted by Gasteiger charge is -2.04. The van der Waals surface area contributed by atoms with Crippen LogP contribution in [-0.2, 0) is 4.74 Å². The lowest BCUT2D eigenvalue weighted by atomic mass is 10.2. The maximum Gasteiger partial charge on any atom is 0.337 e. The van der Waals surface area contributed by atoms with Gasteiger partial charge in [-0.3, -0.25) is 5.41 Å². The summed E-state index contributed by atoms with van der Waals surface area (Å²) in [5.74, 6) is -0.593. The van der Waals surface area contributed by atoms with Crippen molar-refractivity contribution in [2.24, 2.45) is 5.73 Å². The van der Waals surface area contributed by atoms with Crippen molar-refractivity contribution in [3.63, 3.8) is 0 Å². The molecule has 14 heavy (non-hydrogen) atoms. The van der Waals surface area contributed by atoms with Gasteiger partial charge in [-0.1, -0.05) is 6.07 Å². The summed E-state index contributed by atoms with van der Waals surface area (Å²) in [6, 6.07) is 6.57. The first-order valence-corrected chi connectivity index (χ1v) is 3.93. The minimum absolute atomic E-state index is 0.174. The minimum Gasteiger partial charge on any atom is -0.465 e. The quantitative estimate of drug-likeness (QED) is 0.368. The van der Waals surface area contributed by atoms with Crippen LogP contribution >= 0.6 is 0 Å². The molecule has 1 aromatic rings. The Morgan fingerprint density at radius 2 is 2.29 bits per heavy atom. The number of anilines is 1. The maximum atomic E-state index is 11.1. The van der Waals surface area contributed by atoms with Crippen molar-refractivity contribution in [2.45, 2.75) is 0 Å². The van der Waals surface area contributed by atoms with E-state index in [0.29, 0.717) is 11.3 Å². The molecule has 5 heteroatoms. The van der Waals surface area contributed by atoms with Gasteiger partial charge in [0.25, 0.3) is 0 Å². The number of methoxy groups -OCH3 is 1. The molecule has 0 aliphatic heterocycles. The molecule has 0 heterocycles. The van der Waals surface area contributed by atoms with E-state index in [1.165, 1.54) is 7.11 Å². The molecule has 5 nitrogen and oxygen atoms in total. The van der Waals surface area contributed by atoms with Crippen LogP contribution in [0.4, 0.5) is 5.69 Å². The summed E-state index contributed by atoms with van der Waals surface area (Å²) in [6.45, 7) is 0. The van der Waals surface area contributed by atoms with Gasteiger partial charge in [0.15, 0.2) is 5.96 Å². The van der Waals surface area contributed by atoms with Crippen LogP contribution in [0, 0.1) is 5.41 Å². The molecule has 0 unspecified atom stereocenters. The molecule has 0 spiro atoms. The summed E-state index contributed by atoms with van der Waals surface area (Å²) in [5, 5.41) is 9.58. The number of guanidine groups is 1. The van der Waals surface area contributed by atoms with Gasteiger partial charge in [-0.2, -0.15) is 0 Å². The molecule has 0 aliphatic carbocycles. The van der Waals surface area contributed by atoms with E-state index < -0.39 is 5.97 Å². The molecule has 4 N–H and O–H groups in total. The van der Waals surface area contributed by atoms with E-state index in [1.807, 2.05) is 0 Å². The molecule has 0 saturated heterocycles. The molecule has 1 aromatic carbocycles. The molecule has 0 aromatic heterocycles. The fourth-order valence-electron chi connectivity index (χ4n) is 0.997. The topological polar surface area (TPSA) is 88.2 Å². The van der Waals surface area contributed by atoms with E-state index in [-0.39, 0.29) is 5.96 Å². The zero-order valence-electron chi connectivity index (χ0n) is 7.70. The number of benzene rings is 1. The number of nitrogens with two attached hydrogens (primary N) is 1. The van der Waals surface area contributed by atoms with E-state index in [2.05, 4.69) is 10.1 Å². The van der Waals surface area contributed by atoms with Crippen LogP contribution in [0.2, 0.25) is 0 Å². The van der Waals surface area contributed by atoms with Crippen molar-refractivity contribution in [3.8, 4) is 0 Å². The van der Waals surface area contributed by atoms with Crippen LogP contribution in [-0.4, -0.2) is 19.0 Å². The van der Waals surface area contributed by atoms with Crippen molar-refractivity contribution in [3.05, 3.63) is 29.8 Å². The summed E-state index contributed by atoms with van der Waals surface area (Å²) in [7, 11) is 1.31. The summed E-state index contributed by atoms with van der Waals surface area (Å²) < 4.78 is 4.54. The van der Waals surface area contributed by atoms with E-state index in [0.717, 1.165) is 0 Å². The second kappa shape index (κ2) is 4.27. The first kappa shape index (κ1) is 10.0. The van der Waals surface area contributed by atoms with E-state index >= 15 is 0 Å². The third-order valence-corrected chi connectivity index (χ3v) is 1.56. The molecule has 74 valence electrons. The third-order valence-electron chi connectivity index (χ3n) is 1.56. The molecule has 0 atom stereocenters. The minimum atomic E-state index is -0.419. The molecule has 1 rings (SSSR count). The van der Waals surface area contributed by atoms with Crippen LogP contribution in [0.15, 0.2) is 24.3 Å². The SMILES string of the molecule is COC(=O)c1cccc(NC(=N)N)c1. The lowest BCUT2D eigenvalue weighted by molar-refractivity contribution is 0.0601. The summed E-state index contributed by atoms with van der Waals surface area (Å²) in [6.07, 6.45) is 0. The largest absolute Gasteiger partial charge is 0.465 e. The number of ether oxygens (including phenoxy) is 1. The number of nitrogens with one attached hydrogen (secondary N) is 2. The highest BCUT2D eigenvalue weighted by molar-refractivity contribution is 5.94. The second-order valence-corrected chi connectivity index (χ2v) is 2.61. The Hall–Kier alpha value is -2.04. The smallest absolute Gasteiger partial charge is 0.337 e. The number of esters is 1. The summed E-state index contributed by atoms with van der Waals surface area (Å²) in [5.41, 5.74) is 6.14. The summed E-state index contributed by atoms with van der Waals surface area (Å²) in [4.78, 5) is 11.1. The average molecular weight is 193 g/mol. The van der Waals surface area contributed by atoms with Crippen LogP contribution in [0.5, 0.6) is 0 Å². The Bertz CT molecular complexity index is 363. The molecule has 0 fully saturated rings. The van der Waals surface area contributed by atoms with E-state index in [1.54, 1.807) is 24.3 Å². The number of carbonyl (C=O) groups is 1. The number of rotatable bonds is 2. The zero-order chi connectivity index (χ0) is 10.6. The van der Waals surface area contributed by atoms with Crippen molar-refractivity contribution in [2.75, 3.05) is 12.4 Å². The van der Waals surface area contributed by atoms with Gasteiger partial charge in [0, 0.05) is 5.69 Å². The lowest BCUT2D eigenvalue weighted by Crippen LogP contribution is -2.20. The Balaban J connectivity index is 2.89. The zero-order valence-corrected chi connectivity index (χ0v) is 7.70. The van der Waals surface area contributed by atoms with Gasteiger partial charge < -0.3 is 15.8 Å². The fourth-order valence-corrected chi connectivity index (χ4v) is 0.997. The van der Waals surface area contributed by atoms with Crippen molar-refractivity contribution in [1.29, 1.82) is 5.41 Å². The van der Waals surface area contributed by atoms with E-state index in [9.17, 15) is 4.79 Å². The highest BCUT2D eigenvalue weighted by Crippen LogP contribution is 2.10. The first-order chi connectivity index (χ1) is 6.63. The average Bonchev–Trinajstić information content (AvgIpc) is 2.16. The Labute approximate surface area is 81.4 Å².